The summed E-state index contributed by atoms with van der Waals surface area (Å²) in [4.78, 5) is 24.2. The number of nitrogens with zero attached hydrogens (tertiary/aromatic N) is 1. The number of aromatic nitrogens is 1. The maximum Gasteiger partial charge on any atom is 0.328 e. The van der Waals surface area contributed by atoms with E-state index in [-0.39, 0.29) is 5.56 Å². The highest BCUT2D eigenvalue weighted by Crippen LogP contribution is 2.18. The van der Waals surface area contributed by atoms with Gasteiger partial charge in [-0.3, -0.25) is 4.79 Å². The third-order valence-electron chi connectivity index (χ3n) is 2.61. The molecule has 0 saturated carbocycles. The number of carboxylic acids is 1. The topological polar surface area (TPSA) is 59.3 Å². The van der Waals surface area contributed by atoms with Crippen LogP contribution in [0.2, 0.25) is 0 Å². The Morgan fingerprint density at radius 1 is 1.42 bits per heavy atom. The Hall–Kier alpha value is -2.14. The molecule has 0 aliphatic carbocycles. The summed E-state index contributed by atoms with van der Waals surface area (Å²) in [6, 6.07) is 7.38. The molecule has 2 rings (SSSR count). The van der Waals surface area contributed by atoms with Crippen LogP contribution in [0.25, 0.3) is 6.08 Å². The minimum Gasteiger partial charge on any atom is -0.478 e. The fraction of sp³-hybridized carbons (Fsp3) is 0.143. The summed E-state index contributed by atoms with van der Waals surface area (Å²) < 4.78 is 1.64. The Bertz CT molecular complexity index is 682. The third-order valence-corrected chi connectivity index (χ3v) is 3.64. The van der Waals surface area contributed by atoms with Crippen LogP contribution in [0.5, 0.6) is 0 Å². The molecule has 0 aliphatic rings. The predicted molar refractivity (Wildman–Crippen MR) is 75.5 cm³/mol. The van der Waals surface area contributed by atoms with E-state index in [4.69, 9.17) is 5.11 Å². The number of aliphatic carboxylic acids is 1. The zero-order valence-electron chi connectivity index (χ0n) is 10.4. The van der Waals surface area contributed by atoms with Gasteiger partial charge in [-0.2, -0.15) is 0 Å². The molecule has 98 valence electrons. The van der Waals surface area contributed by atoms with Crippen molar-refractivity contribution < 1.29 is 9.90 Å². The highest BCUT2D eigenvalue weighted by atomic mass is 32.1. The summed E-state index contributed by atoms with van der Waals surface area (Å²) in [6.45, 7) is 2.29. The fourth-order valence-corrected chi connectivity index (χ4v) is 2.59. The van der Waals surface area contributed by atoms with Gasteiger partial charge in [-0.1, -0.05) is 6.07 Å². The van der Waals surface area contributed by atoms with Crippen LogP contribution < -0.4 is 5.56 Å². The average molecular weight is 275 g/mol. The SMILES string of the molecule is Cc1cccn(Cc2ccc(C=CC(=O)O)s2)c1=O. The Labute approximate surface area is 114 Å². The Balaban J connectivity index is 2.18. The molecule has 2 aromatic heterocycles. The van der Waals surface area contributed by atoms with E-state index in [2.05, 4.69) is 0 Å². The van der Waals surface area contributed by atoms with E-state index in [0.29, 0.717) is 12.1 Å². The average Bonchev–Trinajstić information content (AvgIpc) is 2.80. The van der Waals surface area contributed by atoms with Crippen molar-refractivity contribution in [2.75, 3.05) is 0 Å². The number of rotatable bonds is 4. The third kappa shape index (κ3) is 3.42. The van der Waals surface area contributed by atoms with Gasteiger partial charge in [0.1, 0.15) is 0 Å². The number of hydrogen-bond acceptors (Lipinski definition) is 3. The fourth-order valence-electron chi connectivity index (χ4n) is 1.67. The van der Waals surface area contributed by atoms with Gasteiger partial charge in [0.15, 0.2) is 0 Å². The molecular weight excluding hydrogens is 262 g/mol. The van der Waals surface area contributed by atoms with Crippen LogP contribution in [-0.4, -0.2) is 15.6 Å². The smallest absolute Gasteiger partial charge is 0.328 e. The van der Waals surface area contributed by atoms with E-state index in [1.165, 1.54) is 11.3 Å². The first-order chi connectivity index (χ1) is 9.06. The number of carbonyl (C=O) groups is 1. The lowest BCUT2D eigenvalue weighted by molar-refractivity contribution is -0.131. The van der Waals surface area contributed by atoms with E-state index >= 15 is 0 Å². The number of hydrogen-bond donors (Lipinski definition) is 1. The minimum absolute atomic E-state index is 0.00136. The zero-order chi connectivity index (χ0) is 13.8. The van der Waals surface area contributed by atoms with Crippen LogP contribution in [0, 0.1) is 6.92 Å². The molecule has 0 spiro atoms. The molecule has 2 aromatic rings. The quantitative estimate of drug-likeness (QED) is 0.871. The zero-order valence-corrected chi connectivity index (χ0v) is 11.2. The molecule has 0 bridgehead atoms. The standard InChI is InChI=1S/C14H13NO3S/c1-10-3-2-8-15(14(10)18)9-12-5-4-11(19-12)6-7-13(16)17/h2-8H,9H2,1H3,(H,16,17). The first-order valence-corrected chi connectivity index (χ1v) is 6.53. The Kier molecular flexibility index (Phi) is 3.97. The van der Waals surface area contributed by atoms with Crippen LogP contribution in [0.15, 0.2) is 41.3 Å². The van der Waals surface area contributed by atoms with Gasteiger partial charge in [-0.25, -0.2) is 4.79 Å². The van der Waals surface area contributed by atoms with E-state index in [0.717, 1.165) is 15.8 Å². The second kappa shape index (κ2) is 5.67. The van der Waals surface area contributed by atoms with Gasteiger partial charge in [0.2, 0.25) is 0 Å². The van der Waals surface area contributed by atoms with Crippen LogP contribution >= 0.6 is 11.3 Å². The minimum atomic E-state index is -0.968. The van der Waals surface area contributed by atoms with Crippen molar-refractivity contribution in [3.05, 3.63) is 62.2 Å². The number of thiophene rings is 1. The maximum atomic E-state index is 11.9. The summed E-state index contributed by atoms with van der Waals surface area (Å²) in [6.07, 6.45) is 4.41. The van der Waals surface area contributed by atoms with E-state index in [1.807, 2.05) is 18.2 Å². The monoisotopic (exact) mass is 275 g/mol. The van der Waals surface area contributed by atoms with Gasteiger partial charge >= 0.3 is 5.97 Å². The molecule has 0 radical (unpaired) electrons. The van der Waals surface area contributed by atoms with E-state index < -0.39 is 5.97 Å². The van der Waals surface area contributed by atoms with Gasteiger partial charge in [0.25, 0.3) is 5.56 Å². The summed E-state index contributed by atoms with van der Waals surface area (Å²) in [5.74, 6) is -0.968. The summed E-state index contributed by atoms with van der Waals surface area (Å²) in [5, 5.41) is 8.56. The lowest BCUT2D eigenvalue weighted by Gasteiger charge is -2.03. The van der Waals surface area contributed by atoms with Crippen molar-refractivity contribution in [1.29, 1.82) is 0 Å². The molecule has 0 unspecified atom stereocenters. The number of carboxylic acid groups (broad SMARTS) is 1. The molecule has 1 N–H and O–H groups in total. The van der Waals surface area contributed by atoms with Crippen LogP contribution in [0.1, 0.15) is 15.3 Å². The normalized spacial score (nSPS) is 11.0. The Morgan fingerprint density at radius 2 is 2.21 bits per heavy atom. The van der Waals surface area contributed by atoms with Crippen molar-refractivity contribution in [3.63, 3.8) is 0 Å². The summed E-state index contributed by atoms with van der Waals surface area (Å²) >= 11 is 1.47. The van der Waals surface area contributed by atoms with Gasteiger partial charge in [0, 0.05) is 27.6 Å². The van der Waals surface area contributed by atoms with E-state index in [1.54, 1.807) is 29.8 Å². The molecular formula is C14H13NO3S. The van der Waals surface area contributed by atoms with Gasteiger partial charge in [-0.15, -0.1) is 11.3 Å². The van der Waals surface area contributed by atoms with Gasteiger partial charge in [-0.05, 0) is 31.2 Å². The molecule has 19 heavy (non-hydrogen) atoms. The van der Waals surface area contributed by atoms with Crippen LogP contribution in [0.3, 0.4) is 0 Å². The highest BCUT2D eigenvalue weighted by molar-refractivity contribution is 7.12. The molecule has 5 heteroatoms. The van der Waals surface area contributed by atoms with Crippen molar-refractivity contribution in [2.45, 2.75) is 13.5 Å². The van der Waals surface area contributed by atoms with Crippen molar-refractivity contribution in [3.8, 4) is 0 Å². The molecule has 0 atom stereocenters. The molecule has 0 fully saturated rings. The number of aryl methyl sites for hydroxylation is 1. The van der Waals surface area contributed by atoms with E-state index in [9.17, 15) is 9.59 Å². The van der Waals surface area contributed by atoms with Crippen molar-refractivity contribution in [2.24, 2.45) is 0 Å². The summed E-state index contributed by atoms with van der Waals surface area (Å²) in [7, 11) is 0. The van der Waals surface area contributed by atoms with Crippen LogP contribution in [0.4, 0.5) is 0 Å². The van der Waals surface area contributed by atoms with Gasteiger partial charge < -0.3 is 9.67 Å². The largest absolute Gasteiger partial charge is 0.478 e. The second-order valence-electron chi connectivity index (χ2n) is 4.10. The first-order valence-electron chi connectivity index (χ1n) is 5.72. The lowest BCUT2D eigenvalue weighted by Crippen LogP contribution is -2.21. The Morgan fingerprint density at radius 3 is 2.95 bits per heavy atom. The molecule has 2 heterocycles. The first kappa shape index (κ1) is 13.3. The molecule has 0 aromatic carbocycles. The number of pyridine rings is 1. The molecule has 0 aliphatic heterocycles. The van der Waals surface area contributed by atoms with Crippen LogP contribution in [-0.2, 0) is 11.3 Å². The molecule has 4 nitrogen and oxygen atoms in total. The lowest BCUT2D eigenvalue weighted by atomic mass is 10.3. The molecule has 0 saturated heterocycles. The van der Waals surface area contributed by atoms with Crippen molar-refractivity contribution in [1.82, 2.24) is 4.57 Å². The summed E-state index contributed by atoms with van der Waals surface area (Å²) in [5.41, 5.74) is 0.712. The predicted octanol–water partition coefficient (Wildman–Crippen LogP) is 2.36. The maximum absolute atomic E-state index is 11.9. The molecule has 0 amide bonds. The van der Waals surface area contributed by atoms with Crippen molar-refractivity contribution >= 4 is 23.4 Å². The highest BCUT2D eigenvalue weighted by Gasteiger charge is 2.02. The second-order valence-corrected chi connectivity index (χ2v) is 5.30. The van der Waals surface area contributed by atoms with Gasteiger partial charge in [0.05, 0.1) is 6.54 Å².